The molecule has 0 aliphatic heterocycles. The zero-order valence-electron chi connectivity index (χ0n) is 13.9. The standard InChI is InChI=1S/C20H15NO6/c22-18(11-27-17-7-3-5-12-4-1-2-6-16(12)17)21-15-9-13(19(23)24)8-14(10-15)20(25)26/h1-10H,11H2,(H,21,22)(H,23,24)(H,25,26)/p-2. The summed E-state index contributed by atoms with van der Waals surface area (Å²) in [6.07, 6.45) is 0. The first-order valence-electron chi connectivity index (χ1n) is 7.92. The number of amides is 1. The van der Waals surface area contributed by atoms with E-state index < -0.39 is 17.8 Å². The molecule has 0 aliphatic carbocycles. The van der Waals surface area contributed by atoms with Gasteiger partial charge in [-0.1, -0.05) is 36.4 Å². The highest BCUT2D eigenvalue weighted by atomic mass is 16.5. The van der Waals surface area contributed by atoms with Crippen LogP contribution in [0, 0.1) is 0 Å². The van der Waals surface area contributed by atoms with Gasteiger partial charge in [0.2, 0.25) is 0 Å². The molecular formula is C20H13NO6-2. The number of nitrogens with one attached hydrogen (secondary N) is 1. The first-order chi connectivity index (χ1) is 12.9. The Labute approximate surface area is 153 Å². The van der Waals surface area contributed by atoms with Crippen molar-refractivity contribution in [2.45, 2.75) is 0 Å². The summed E-state index contributed by atoms with van der Waals surface area (Å²) < 4.78 is 5.54. The number of fused-ring (bicyclic) bond motifs is 1. The summed E-state index contributed by atoms with van der Waals surface area (Å²) in [6.45, 7) is -0.343. The summed E-state index contributed by atoms with van der Waals surface area (Å²) >= 11 is 0. The van der Waals surface area contributed by atoms with Crippen molar-refractivity contribution in [1.29, 1.82) is 0 Å². The van der Waals surface area contributed by atoms with Gasteiger partial charge in [0.1, 0.15) is 5.75 Å². The Morgan fingerprint density at radius 2 is 1.48 bits per heavy atom. The fourth-order valence-electron chi connectivity index (χ4n) is 2.60. The van der Waals surface area contributed by atoms with Crippen molar-refractivity contribution in [3.05, 3.63) is 71.8 Å². The summed E-state index contributed by atoms with van der Waals surface area (Å²) in [5, 5.41) is 26.2. The van der Waals surface area contributed by atoms with Gasteiger partial charge in [-0.3, -0.25) is 4.79 Å². The topological polar surface area (TPSA) is 119 Å². The third-order valence-electron chi connectivity index (χ3n) is 3.80. The molecular weight excluding hydrogens is 350 g/mol. The van der Waals surface area contributed by atoms with Crippen LogP contribution in [0.1, 0.15) is 20.7 Å². The first kappa shape index (κ1) is 17.9. The van der Waals surface area contributed by atoms with E-state index in [4.69, 9.17) is 4.74 Å². The molecule has 1 amide bonds. The van der Waals surface area contributed by atoms with Gasteiger partial charge in [0.25, 0.3) is 5.91 Å². The SMILES string of the molecule is O=C(COc1cccc2ccccc12)Nc1cc(C(=O)[O-])cc(C(=O)[O-])c1. The van der Waals surface area contributed by atoms with E-state index in [0.717, 1.165) is 29.0 Å². The van der Waals surface area contributed by atoms with Crippen molar-refractivity contribution in [2.75, 3.05) is 11.9 Å². The number of hydrogen-bond acceptors (Lipinski definition) is 6. The zero-order valence-corrected chi connectivity index (χ0v) is 13.9. The summed E-state index contributed by atoms with van der Waals surface area (Å²) in [5.74, 6) is -3.20. The molecule has 7 heteroatoms. The van der Waals surface area contributed by atoms with Crippen molar-refractivity contribution in [3.63, 3.8) is 0 Å². The normalized spacial score (nSPS) is 10.4. The fourth-order valence-corrected chi connectivity index (χ4v) is 2.60. The average molecular weight is 363 g/mol. The van der Waals surface area contributed by atoms with E-state index >= 15 is 0 Å². The third-order valence-corrected chi connectivity index (χ3v) is 3.80. The van der Waals surface area contributed by atoms with Gasteiger partial charge < -0.3 is 29.9 Å². The van der Waals surface area contributed by atoms with Gasteiger partial charge in [-0.05, 0) is 40.8 Å². The van der Waals surface area contributed by atoms with Crippen LogP contribution in [0.2, 0.25) is 0 Å². The van der Waals surface area contributed by atoms with Crippen molar-refractivity contribution >= 4 is 34.3 Å². The molecule has 0 aromatic heterocycles. The number of rotatable bonds is 6. The summed E-state index contributed by atoms with van der Waals surface area (Å²) in [5.41, 5.74) is -0.786. The lowest BCUT2D eigenvalue weighted by Crippen LogP contribution is -2.27. The Morgan fingerprint density at radius 1 is 0.852 bits per heavy atom. The minimum Gasteiger partial charge on any atom is -0.545 e. The minimum atomic E-state index is -1.57. The Morgan fingerprint density at radius 3 is 2.15 bits per heavy atom. The highest BCUT2D eigenvalue weighted by Gasteiger charge is 2.09. The molecule has 0 unspecified atom stereocenters. The van der Waals surface area contributed by atoms with Crippen molar-refractivity contribution in [2.24, 2.45) is 0 Å². The third kappa shape index (κ3) is 4.21. The molecule has 0 radical (unpaired) electrons. The number of carboxylic acid groups (broad SMARTS) is 2. The van der Waals surface area contributed by atoms with Gasteiger partial charge >= 0.3 is 0 Å². The van der Waals surface area contributed by atoms with Crippen LogP contribution >= 0.6 is 0 Å². The number of carbonyl (C=O) groups is 3. The van der Waals surface area contributed by atoms with Crippen LogP contribution in [0.5, 0.6) is 5.75 Å². The van der Waals surface area contributed by atoms with Crippen LogP contribution in [-0.4, -0.2) is 24.5 Å². The second-order valence-corrected chi connectivity index (χ2v) is 5.69. The molecule has 0 heterocycles. The van der Waals surface area contributed by atoms with E-state index in [0.29, 0.717) is 5.75 Å². The molecule has 27 heavy (non-hydrogen) atoms. The fraction of sp³-hybridized carbons (Fsp3) is 0.0500. The first-order valence-corrected chi connectivity index (χ1v) is 7.92. The number of carboxylic acids is 2. The molecule has 0 saturated carbocycles. The second-order valence-electron chi connectivity index (χ2n) is 5.69. The van der Waals surface area contributed by atoms with Crippen LogP contribution < -0.4 is 20.3 Å². The van der Waals surface area contributed by atoms with Crippen LogP contribution in [0.3, 0.4) is 0 Å². The highest BCUT2D eigenvalue weighted by molar-refractivity contribution is 5.98. The average Bonchev–Trinajstić information content (AvgIpc) is 2.66. The van der Waals surface area contributed by atoms with Gasteiger partial charge in [-0.2, -0.15) is 0 Å². The smallest absolute Gasteiger partial charge is 0.262 e. The van der Waals surface area contributed by atoms with E-state index in [2.05, 4.69) is 5.32 Å². The van der Waals surface area contributed by atoms with E-state index in [1.54, 1.807) is 12.1 Å². The van der Waals surface area contributed by atoms with Gasteiger partial charge in [0, 0.05) is 11.1 Å². The van der Waals surface area contributed by atoms with Gasteiger partial charge in [0.15, 0.2) is 6.61 Å². The molecule has 0 spiro atoms. The predicted octanol–water partition coefficient (Wildman–Crippen LogP) is 0.584. The molecule has 0 saturated heterocycles. The lowest BCUT2D eigenvalue weighted by atomic mass is 10.1. The summed E-state index contributed by atoms with van der Waals surface area (Å²) in [6, 6.07) is 16.0. The molecule has 136 valence electrons. The van der Waals surface area contributed by atoms with Crippen LogP contribution in [0.15, 0.2) is 60.7 Å². The quantitative estimate of drug-likeness (QED) is 0.684. The van der Waals surface area contributed by atoms with E-state index in [1.165, 1.54) is 0 Å². The van der Waals surface area contributed by atoms with E-state index in [-0.39, 0.29) is 23.4 Å². The monoisotopic (exact) mass is 363 g/mol. The van der Waals surface area contributed by atoms with Crippen LogP contribution in [-0.2, 0) is 4.79 Å². The molecule has 0 aliphatic rings. The lowest BCUT2D eigenvalue weighted by Gasteiger charge is -2.13. The highest BCUT2D eigenvalue weighted by Crippen LogP contribution is 2.25. The van der Waals surface area contributed by atoms with Crippen LogP contribution in [0.25, 0.3) is 10.8 Å². The van der Waals surface area contributed by atoms with Crippen molar-refractivity contribution in [1.82, 2.24) is 0 Å². The Bertz CT molecular complexity index is 1010. The Balaban J connectivity index is 1.74. The largest absolute Gasteiger partial charge is 0.545 e. The van der Waals surface area contributed by atoms with Gasteiger partial charge in [0.05, 0.1) is 11.9 Å². The molecule has 7 nitrogen and oxygen atoms in total. The number of ether oxygens (including phenoxy) is 1. The molecule has 0 bridgehead atoms. The molecule has 3 aromatic rings. The maximum atomic E-state index is 12.1. The number of benzene rings is 3. The van der Waals surface area contributed by atoms with E-state index in [1.807, 2.05) is 30.3 Å². The summed E-state index contributed by atoms with van der Waals surface area (Å²) in [4.78, 5) is 34.1. The van der Waals surface area contributed by atoms with Gasteiger partial charge in [-0.15, -0.1) is 0 Å². The lowest BCUT2D eigenvalue weighted by molar-refractivity contribution is -0.255. The molecule has 1 N–H and O–H groups in total. The van der Waals surface area contributed by atoms with Crippen LogP contribution in [0.4, 0.5) is 5.69 Å². The number of hydrogen-bond donors (Lipinski definition) is 1. The molecule has 0 atom stereocenters. The molecule has 3 rings (SSSR count). The van der Waals surface area contributed by atoms with Crippen molar-refractivity contribution < 1.29 is 29.3 Å². The van der Waals surface area contributed by atoms with E-state index in [9.17, 15) is 24.6 Å². The number of anilines is 1. The van der Waals surface area contributed by atoms with Crippen molar-refractivity contribution in [3.8, 4) is 5.75 Å². The predicted molar refractivity (Wildman–Crippen MR) is 93.2 cm³/mol. The number of carbonyl (C=O) groups excluding carboxylic acids is 3. The number of aromatic carboxylic acids is 2. The Kier molecular flexibility index (Phi) is 5.03. The minimum absolute atomic E-state index is 0.0116. The maximum absolute atomic E-state index is 12.1. The second kappa shape index (κ2) is 7.57. The molecule has 0 fully saturated rings. The Hall–Kier alpha value is -3.87. The zero-order chi connectivity index (χ0) is 19.4. The maximum Gasteiger partial charge on any atom is 0.262 e. The summed E-state index contributed by atoms with van der Waals surface area (Å²) in [7, 11) is 0. The van der Waals surface area contributed by atoms with Gasteiger partial charge in [-0.25, -0.2) is 0 Å². The molecule has 3 aromatic carbocycles.